The summed E-state index contributed by atoms with van der Waals surface area (Å²) in [6.45, 7) is 1.81. The number of nitro benzene ring substituents is 1. The number of aryl methyl sites for hydroxylation is 1. The number of carbonyl (C=O) groups excluding carboxylic acids is 1. The van der Waals surface area contributed by atoms with Gasteiger partial charge in [-0.3, -0.25) is 19.9 Å². The van der Waals surface area contributed by atoms with Crippen LogP contribution < -0.4 is 5.32 Å². The lowest BCUT2D eigenvalue weighted by molar-refractivity contribution is -0.384. The highest BCUT2D eigenvalue weighted by molar-refractivity contribution is 9.10. The van der Waals surface area contributed by atoms with Crippen LogP contribution in [0.25, 0.3) is 0 Å². The highest BCUT2D eigenvalue weighted by Crippen LogP contribution is 2.24. The highest BCUT2D eigenvalue weighted by atomic mass is 79.9. The maximum atomic E-state index is 12.2. The molecule has 0 saturated carbocycles. The van der Waals surface area contributed by atoms with Gasteiger partial charge in [-0.2, -0.15) is 0 Å². The Hall–Kier alpha value is -2.28. The number of benzene rings is 1. The SMILES string of the molecule is Cc1cnccc1NC(=O)c1cc([N+](=O)[O-])ccc1Br. The molecule has 2 rings (SSSR count). The van der Waals surface area contributed by atoms with Gasteiger partial charge in [-0.05, 0) is 40.5 Å². The molecule has 0 aliphatic carbocycles. The minimum Gasteiger partial charge on any atom is -0.322 e. The van der Waals surface area contributed by atoms with Crippen molar-refractivity contribution >= 4 is 33.2 Å². The van der Waals surface area contributed by atoms with Gasteiger partial charge in [0.2, 0.25) is 0 Å². The van der Waals surface area contributed by atoms with Crippen molar-refractivity contribution in [3.8, 4) is 0 Å². The number of halogens is 1. The van der Waals surface area contributed by atoms with E-state index in [9.17, 15) is 14.9 Å². The Labute approximate surface area is 123 Å². The normalized spacial score (nSPS) is 10.1. The van der Waals surface area contributed by atoms with E-state index in [1.807, 2.05) is 6.92 Å². The number of hydrogen-bond donors (Lipinski definition) is 1. The topological polar surface area (TPSA) is 85.1 Å². The summed E-state index contributed by atoms with van der Waals surface area (Å²) in [7, 11) is 0. The molecule has 1 amide bonds. The fraction of sp³-hybridized carbons (Fsp3) is 0.0769. The van der Waals surface area contributed by atoms with Crippen molar-refractivity contribution in [1.82, 2.24) is 4.98 Å². The van der Waals surface area contributed by atoms with E-state index in [-0.39, 0.29) is 11.3 Å². The number of rotatable bonds is 3. The molecule has 2 aromatic rings. The van der Waals surface area contributed by atoms with Crippen LogP contribution in [0.4, 0.5) is 11.4 Å². The molecule has 20 heavy (non-hydrogen) atoms. The van der Waals surface area contributed by atoms with Crippen LogP contribution in [-0.2, 0) is 0 Å². The van der Waals surface area contributed by atoms with E-state index >= 15 is 0 Å². The molecule has 0 atom stereocenters. The molecule has 0 spiro atoms. The molecular formula is C13H10BrN3O3. The Morgan fingerprint density at radius 1 is 1.40 bits per heavy atom. The number of anilines is 1. The van der Waals surface area contributed by atoms with Crippen molar-refractivity contribution in [3.63, 3.8) is 0 Å². The van der Waals surface area contributed by atoms with Crippen LogP contribution in [0, 0.1) is 17.0 Å². The smallest absolute Gasteiger partial charge is 0.270 e. The van der Waals surface area contributed by atoms with Gasteiger partial charge >= 0.3 is 0 Å². The van der Waals surface area contributed by atoms with Gasteiger partial charge in [0.25, 0.3) is 11.6 Å². The average Bonchev–Trinajstić information content (AvgIpc) is 2.41. The third-order valence-electron chi connectivity index (χ3n) is 2.67. The van der Waals surface area contributed by atoms with Crippen LogP contribution >= 0.6 is 15.9 Å². The zero-order chi connectivity index (χ0) is 14.7. The van der Waals surface area contributed by atoms with Crippen molar-refractivity contribution in [2.75, 3.05) is 5.32 Å². The van der Waals surface area contributed by atoms with Gasteiger partial charge in [0, 0.05) is 34.7 Å². The lowest BCUT2D eigenvalue weighted by atomic mass is 10.1. The molecule has 1 aromatic carbocycles. The van der Waals surface area contributed by atoms with E-state index in [0.29, 0.717) is 10.2 Å². The maximum absolute atomic E-state index is 12.2. The summed E-state index contributed by atoms with van der Waals surface area (Å²) >= 11 is 3.22. The third-order valence-corrected chi connectivity index (χ3v) is 3.37. The van der Waals surface area contributed by atoms with Crippen molar-refractivity contribution < 1.29 is 9.72 Å². The molecule has 0 bridgehead atoms. The van der Waals surface area contributed by atoms with Gasteiger partial charge in [-0.1, -0.05) is 0 Å². The molecule has 0 fully saturated rings. The minimum absolute atomic E-state index is 0.134. The van der Waals surface area contributed by atoms with Crippen LogP contribution in [0.5, 0.6) is 0 Å². The van der Waals surface area contributed by atoms with Crippen LogP contribution in [0.1, 0.15) is 15.9 Å². The summed E-state index contributed by atoms with van der Waals surface area (Å²) in [5, 5.41) is 13.5. The number of nitrogens with one attached hydrogen (secondary N) is 1. The molecule has 0 unspecified atom stereocenters. The molecule has 1 heterocycles. The Kier molecular flexibility index (Phi) is 4.09. The summed E-state index contributed by atoms with van der Waals surface area (Å²) in [5.74, 6) is -0.421. The maximum Gasteiger partial charge on any atom is 0.270 e. The van der Waals surface area contributed by atoms with Crippen molar-refractivity contribution in [2.24, 2.45) is 0 Å². The van der Waals surface area contributed by atoms with E-state index in [1.54, 1.807) is 18.5 Å². The van der Waals surface area contributed by atoms with E-state index in [2.05, 4.69) is 26.2 Å². The Balaban J connectivity index is 2.32. The monoisotopic (exact) mass is 335 g/mol. The number of nitrogens with zero attached hydrogens (tertiary/aromatic N) is 2. The van der Waals surface area contributed by atoms with Crippen molar-refractivity contribution in [2.45, 2.75) is 6.92 Å². The number of hydrogen-bond acceptors (Lipinski definition) is 4. The molecule has 7 heteroatoms. The minimum atomic E-state index is -0.541. The highest BCUT2D eigenvalue weighted by Gasteiger charge is 2.16. The molecule has 0 aliphatic heterocycles. The molecule has 6 nitrogen and oxygen atoms in total. The first-order valence-corrected chi connectivity index (χ1v) is 6.44. The van der Waals surface area contributed by atoms with Gasteiger partial charge in [0.05, 0.1) is 10.5 Å². The lowest BCUT2D eigenvalue weighted by Crippen LogP contribution is -2.13. The first kappa shape index (κ1) is 14.1. The van der Waals surface area contributed by atoms with Crippen LogP contribution in [0.15, 0.2) is 41.1 Å². The quantitative estimate of drug-likeness (QED) is 0.688. The fourth-order valence-corrected chi connectivity index (χ4v) is 2.03. The van der Waals surface area contributed by atoms with E-state index in [0.717, 1.165) is 5.56 Å². The van der Waals surface area contributed by atoms with Crippen molar-refractivity contribution in [1.29, 1.82) is 0 Å². The summed E-state index contributed by atoms with van der Waals surface area (Å²) in [4.78, 5) is 26.3. The largest absolute Gasteiger partial charge is 0.322 e. The lowest BCUT2D eigenvalue weighted by Gasteiger charge is -2.08. The number of nitro groups is 1. The fourth-order valence-electron chi connectivity index (χ4n) is 1.60. The van der Waals surface area contributed by atoms with Gasteiger partial charge in [0.15, 0.2) is 0 Å². The third kappa shape index (κ3) is 3.00. The Morgan fingerprint density at radius 3 is 2.80 bits per heavy atom. The van der Waals surface area contributed by atoms with E-state index < -0.39 is 10.8 Å². The second kappa shape index (κ2) is 5.79. The number of aromatic nitrogens is 1. The van der Waals surface area contributed by atoms with E-state index in [1.165, 1.54) is 18.2 Å². The summed E-state index contributed by atoms with van der Waals surface area (Å²) in [6, 6.07) is 5.71. The first-order chi connectivity index (χ1) is 9.49. The van der Waals surface area contributed by atoms with Gasteiger partial charge in [-0.25, -0.2) is 0 Å². The number of pyridine rings is 1. The molecule has 0 radical (unpaired) electrons. The Bertz CT molecular complexity index is 688. The van der Waals surface area contributed by atoms with Gasteiger partial charge in [-0.15, -0.1) is 0 Å². The summed E-state index contributed by atoms with van der Waals surface area (Å²) in [5.41, 5.74) is 1.49. The number of non-ortho nitro benzene ring substituents is 1. The molecule has 1 N–H and O–H groups in total. The van der Waals surface area contributed by atoms with Gasteiger partial charge in [0.1, 0.15) is 0 Å². The predicted octanol–water partition coefficient (Wildman–Crippen LogP) is 3.31. The molecular weight excluding hydrogens is 326 g/mol. The number of amides is 1. The zero-order valence-corrected chi connectivity index (χ0v) is 12.0. The molecule has 0 aliphatic rings. The second-order valence-corrected chi connectivity index (χ2v) is 4.92. The van der Waals surface area contributed by atoms with E-state index in [4.69, 9.17) is 0 Å². The molecule has 102 valence electrons. The first-order valence-electron chi connectivity index (χ1n) is 5.65. The Morgan fingerprint density at radius 2 is 2.15 bits per heavy atom. The van der Waals surface area contributed by atoms with Crippen LogP contribution in [-0.4, -0.2) is 15.8 Å². The molecule has 1 aromatic heterocycles. The van der Waals surface area contributed by atoms with Crippen LogP contribution in [0.3, 0.4) is 0 Å². The standard InChI is InChI=1S/C13H10BrN3O3/c1-8-7-15-5-4-12(8)16-13(18)10-6-9(17(19)20)2-3-11(10)14/h2-7H,1H3,(H,15,16,18). The van der Waals surface area contributed by atoms with Crippen molar-refractivity contribution in [3.05, 3.63) is 62.4 Å². The average molecular weight is 336 g/mol. The molecule has 0 saturated heterocycles. The van der Waals surface area contributed by atoms with Gasteiger partial charge < -0.3 is 5.32 Å². The summed E-state index contributed by atoms with van der Waals surface area (Å²) < 4.78 is 0.493. The predicted molar refractivity (Wildman–Crippen MR) is 77.7 cm³/mol. The zero-order valence-electron chi connectivity index (χ0n) is 10.5. The number of carbonyl (C=O) groups is 1. The van der Waals surface area contributed by atoms with Crippen LogP contribution in [0.2, 0.25) is 0 Å². The summed E-state index contributed by atoms with van der Waals surface area (Å²) in [6.07, 6.45) is 3.18. The second-order valence-electron chi connectivity index (χ2n) is 4.07.